The number of nitrogens with two attached hydrogens (primary N) is 1. The van der Waals surface area contributed by atoms with Crippen LogP contribution in [0.4, 0.5) is 11.5 Å². The molecule has 0 unspecified atom stereocenters. The zero-order valence-electron chi connectivity index (χ0n) is 17.8. The summed E-state index contributed by atoms with van der Waals surface area (Å²) in [7, 11) is 0. The zero-order chi connectivity index (χ0) is 22.5. The lowest BCUT2D eigenvalue weighted by molar-refractivity contribution is -0.116. The van der Waals surface area contributed by atoms with Gasteiger partial charge in [-0.1, -0.05) is 39.0 Å². The van der Waals surface area contributed by atoms with Crippen LogP contribution in [0.15, 0.2) is 32.4 Å². The number of thiophene rings is 1. The first-order valence-electron chi connectivity index (χ1n) is 10.1. The van der Waals surface area contributed by atoms with E-state index in [4.69, 9.17) is 5.73 Å². The van der Waals surface area contributed by atoms with Crippen molar-refractivity contribution < 1.29 is 4.79 Å². The Morgan fingerprint density at radius 1 is 1.35 bits per heavy atom. The molecule has 0 saturated heterocycles. The third-order valence-electron chi connectivity index (χ3n) is 4.61. The molecule has 3 aromatic heterocycles. The lowest BCUT2D eigenvalue weighted by Crippen LogP contribution is -2.42. The number of hydrogen-bond donors (Lipinski definition) is 2. The number of carbonyl (C=O) groups excluding carboxylic acids is 1. The van der Waals surface area contributed by atoms with Gasteiger partial charge < -0.3 is 10.6 Å². The van der Waals surface area contributed by atoms with Crippen molar-refractivity contribution in [3.8, 4) is 0 Å². The number of aromatic amines is 1. The van der Waals surface area contributed by atoms with Gasteiger partial charge in [-0.2, -0.15) is 0 Å². The van der Waals surface area contributed by atoms with Crippen LogP contribution in [-0.4, -0.2) is 37.7 Å². The van der Waals surface area contributed by atoms with E-state index >= 15 is 0 Å². The van der Waals surface area contributed by atoms with Crippen molar-refractivity contribution in [3.05, 3.63) is 38.6 Å². The van der Waals surface area contributed by atoms with Crippen molar-refractivity contribution in [2.45, 2.75) is 45.2 Å². The molecule has 0 aliphatic heterocycles. The Kier molecular flexibility index (Phi) is 7.50. The van der Waals surface area contributed by atoms with Gasteiger partial charge in [0, 0.05) is 13.1 Å². The minimum Gasteiger partial charge on any atom is -0.383 e. The molecule has 3 N–H and O–H groups in total. The summed E-state index contributed by atoms with van der Waals surface area (Å²) < 4.78 is 2.24. The standard InChI is InChI=1S/C20H26N6O3S2/c1-4-5-7-25(15-17(21)26(9-12(2)3)20(29)24-18(15)28)14(27)10-31-19-16-13(6-8-30-16)22-11-23-19/h6,8,11-12H,4-5,7,9-10,21H2,1-3H3,(H,24,28,29). The van der Waals surface area contributed by atoms with Gasteiger partial charge in [-0.05, 0) is 23.8 Å². The van der Waals surface area contributed by atoms with Gasteiger partial charge in [0.05, 0.1) is 16.0 Å². The Hall–Kier alpha value is -2.66. The third kappa shape index (κ3) is 5.16. The van der Waals surface area contributed by atoms with Gasteiger partial charge >= 0.3 is 5.69 Å². The van der Waals surface area contributed by atoms with E-state index in [-0.39, 0.29) is 29.1 Å². The fraction of sp³-hybridized carbons (Fsp3) is 0.450. The first-order chi connectivity index (χ1) is 14.8. The number of unbranched alkanes of at least 4 members (excludes halogenated alkanes) is 1. The molecule has 0 bridgehead atoms. The fourth-order valence-corrected chi connectivity index (χ4v) is 4.96. The molecule has 11 heteroatoms. The van der Waals surface area contributed by atoms with Gasteiger partial charge in [0.2, 0.25) is 5.91 Å². The SMILES string of the molecule is CCCCN(C(=O)CSc1ncnc2ccsc12)c1c(N)n(CC(C)C)c(=O)[nH]c1=O. The molecule has 0 saturated carbocycles. The molecule has 0 atom stereocenters. The van der Waals surface area contributed by atoms with Crippen molar-refractivity contribution in [2.24, 2.45) is 5.92 Å². The molecule has 0 aromatic carbocycles. The lowest BCUT2D eigenvalue weighted by atomic mass is 10.2. The molecular formula is C20H26N6O3S2. The molecule has 3 aromatic rings. The van der Waals surface area contributed by atoms with Crippen molar-refractivity contribution in [1.82, 2.24) is 19.5 Å². The average molecular weight is 463 g/mol. The van der Waals surface area contributed by atoms with E-state index in [0.29, 0.717) is 19.5 Å². The van der Waals surface area contributed by atoms with E-state index in [0.717, 1.165) is 21.7 Å². The smallest absolute Gasteiger partial charge is 0.330 e. The first kappa shape index (κ1) is 23.0. The number of rotatable bonds is 9. The maximum Gasteiger partial charge on any atom is 0.330 e. The van der Waals surface area contributed by atoms with Crippen molar-refractivity contribution in [3.63, 3.8) is 0 Å². The highest BCUT2D eigenvalue weighted by Crippen LogP contribution is 2.29. The predicted octanol–water partition coefficient (Wildman–Crippen LogP) is 2.70. The minimum absolute atomic E-state index is 0.0135. The number of amides is 1. The summed E-state index contributed by atoms with van der Waals surface area (Å²) >= 11 is 2.81. The predicted molar refractivity (Wildman–Crippen MR) is 126 cm³/mol. The second-order valence-corrected chi connectivity index (χ2v) is 9.38. The van der Waals surface area contributed by atoms with Crippen LogP contribution in [0.1, 0.15) is 33.6 Å². The third-order valence-corrected chi connectivity index (χ3v) is 6.62. The molecule has 3 heterocycles. The number of carbonyl (C=O) groups is 1. The summed E-state index contributed by atoms with van der Waals surface area (Å²) in [6, 6.07) is 1.90. The maximum atomic E-state index is 13.2. The van der Waals surface area contributed by atoms with E-state index in [9.17, 15) is 14.4 Å². The summed E-state index contributed by atoms with van der Waals surface area (Å²) in [6.45, 7) is 6.57. The quantitative estimate of drug-likeness (QED) is 0.370. The summed E-state index contributed by atoms with van der Waals surface area (Å²) in [6.07, 6.45) is 3.00. The van der Waals surface area contributed by atoms with Gasteiger partial charge in [-0.25, -0.2) is 14.8 Å². The van der Waals surface area contributed by atoms with Crippen LogP contribution in [-0.2, 0) is 11.3 Å². The topological polar surface area (TPSA) is 127 Å². The highest BCUT2D eigenvalue weighted by Gasteiger charge is 2.24. The number of H-pyrrole nitrogens is 1. The number of thioether (sulfide) groups is 1. The van der Waals surface area contributed by atoms with Gasteiger partial charge in [0.25, 0.3) is 5.56 Å². The van der Waals surface area contributed by atoms with E-state index in [1.54, 1.807) is 0 Å². The Labute approximate surface area is 187 Å². The summed E-state index contributed by atoms with van der Waals surface area (Å²) in [5.74, 6) is -0.0380. The largest absolute Gasteiger partial charge is 0.383 e. The van der Waals surface area contributed by atoms with E-state index < -0.39 is 11.2 Å². The number of nitrogen functional groups attached to an aromatic ring is 1. The molecule has 31 heavy (non-hydrogen) atoms. The Morgan fingerprint density at radius 2 is 2.13 bits per heavy atom. The van der Waals surface area contributed by atoms with Crippen LogP contribution < -0.4 is 21.9 Å². The van der Waals surface area contributed by atoms with E-state index in [1.807, 2.05) is 32.2 Å². The number of fused-ring (bicyclic) bond motifs is 1. The highest BCUT2D eigenvalue weighted by molar-refractivity contribution is 8.00. The normalized spacial score (nSPS) is 11.4. The van der Waals surface area contributed by atoms with Gasteiger partial charge in [0.1, 0.15) is 17.2 Å². The van der Waals surface area contributed by atoms with Crippen LogP contribution in [0.2, 0.25) is 0 Å². The van der Waals surface area contributed by atoms with Gasteiger partial charge in [-0.3, -0.25) is 19.1 Å². The summed E-state index contributed by atoms with van der Waals surface area (Å²) in [4.78, 5) is 50.3. The van der Waals surface area contributed by atoms with Crippen LogP contribution in [0, 0.1) is 5.92 Å². The summed E-state index contributed by atoms with van der Waals surface area (Å²) in [5.41, 5.74) is 5.87. The maximum absolute atomic E-state index is 13.2. The highest BCUT2D eigenvalue weighted by atomic mass is 32.2. The molecule has 1 amide bonds. The van der Waals surface area contributed by atoms with E-state index in [1.165, 1.54) is 38.9 Å². The zero-order valence-corrected chi connectivity index (χ0v) is 19.4. The Bertz CT molecular complexity index is 1180. The summed E-state index contributed by atoms with van der Waals surface area (Å²) in [5, 5.41) is 2.65. The van der Waals surface area contributed by atoms with Crippen LogP contribution in [0.3, 0.4) is 0 Å². The average Bonchev–Trinajstić information content (AvgIpc) is 3.21. The fourth-order valence-electron chi connectivity index (χ4n) is 3.14. The number of nitrogens with zero attached hydrogens (tertiary/aromatic N) is 4. The van der Waals surface area contributed by atoms with Crippen LogP contribution >= 0.6 is 23.1 Å². The molecule has 0 spiro atoms. The molecule has 166 valence electrons. The van der Waals surface area contributed by atoms with Crippen LogP contribution in [0.5, 0.6) is 0 Å². The second kappa shape index (κ2) is 10.1. The molecule has 3 rings (SSSR count). The van der Waals surface area contributed by atoms with Crippen molar-refractivity contribution >= 4 is 50.7 Å². The monoisotopic (exact) mass is 462 g/mol. The number of anilines is 2. The van der Waals surface area contributed by atoms with Crippen molar-refractivity contribution in [2.75, 3.05) is 22.9 Å². The molecule has 0 radical (unpaired) electrons. The first-order valence-corrected chi connectivity index (χ1v) is 11.9. The number of nitrogens with one attached hydrogen (secondary N) is 1. The molecular weight excluding hydrogens is 436 g/mol. The van der Waals surface area contributed by atoms with Crippen molar-refractivity contribution in [1.29, 1.82) is 0 Å². The molecule has 9 nitrogen and oxygen atoms in total. The molecule has 0 fully saturated rings. The Balaban J connectivity index is 1.92. The van der Waals surface area contributed by atoms with E-state index in [2.05, 4.69) is 15.0 Å². The lowest BCUT2D eigenvalue weighted by Gasteiger charge is -2.24. The number of hydrogen-bond acceptors (Lipinski definition) is 8. The molecule has 0 aliphatic rings. The van der Waals surface area contributed by atoms with Crippen LogP contribution in [0.25, 0.3) is 10.2 Å². The number of aromatic nitrogens is 4. The van der Waals surface area contributed by atoms with Gasteiger partial charge in [-0.15, -0.1) is 11.3 Å². The Morgan fingerprint density at radius 3 is 2.84 bits per heavy atom. The van der Waals surface area contributed by atoms with Gasteiger partial charge in [0.15, 0.2) is 5.69 Å². The molecule has 0 aliphatic carbocycles. The minimum atomic E-state index is -0.653. The second-order valence-electron chi connectivity index (χ2n) is 7.50.